The molecule has 0 fully saturated rings. The molecule has 4 rings (SSSR count). The fourth-order valence-electron chi connectivity index (χ4n) is 4.56. The third-order valence-electron chi connectivity index (χ3n) is 6.78. The van der Waals surface area contributed by atoms with Gasteiger partial charge < -0.3 is 10.2 Å². The third kappa shape index (κ3) is 7.02. The maximum absolute atomic E-state index is 12.9. The van der Waals surface area contributed by atoms with Gasteiger partial charge in [0.05, 0.1) is 50.4 Å². The van der Waals surface area contributed by atoms with E-state index >= 15 is 0 Å². The first-order valence-corrected chi connectivity index (χ1v) is 13.7. The van der Waals surface area contributed by atoms with E-state index < -0.39 is 0 Å². The van der Waals surface area contributed by atoms with Crippen molar-refractivity contribution < 1.29 is 19.3 Å². The van der Waals surface area contributed by atoms with E-state index in [9.17, 15) is 10.2 Å². The highest BCUT2D eigenvalue weighted by molar-refractivity contribution is 5.88. The van der Waals surface area contributed by atoms with E-state index in [-0.39, 0.29) is 11.8 Å². The van der Waals surface area contributed by atoms with Crippen LogP contribution in [0.3, 0.4) is 0 Å². The Bertz CT molecular complexity index is 1320. The molecule has 2 heterocycles. The molecule has 0 saturated carbocycles. The summed E-state index contributed by atoms with van der Waals surface area (Å²) in [6, 6.07) is 15.5. The van der Waals surface area contributed by atoms with Crippen molar-refractivity contribution in [2.24, 2.45) is 24.1 Å². The number of benzene rings is 2. The molecule has 0 spiro atoms. The topological polar surface area (TPSA) is 88.5 Å². The van der Waals surface area contributed by atoms with Crippen molar-refractivity contribution in [1.29, 1.82) is 0 Å². The third-order valence-corrected chi connectivity index (χ3v) is 6.78. The summed E-state index contributed by atoms with van der Waals surface area (Å²) in [6.07, 6.45) is 12.5. The minimum Gasteiger partial charge on any atom is -0.853 e. The van der Waals surface area contributed by atoms with Gasteiger partial charge in [0.2, 0.25) is 0 Å². The summed E-state index contributed by atoms with van der Waals surface area (Å²) >= 11 is 0. The van der Waals surface area contributed by atoms with Gasteiger partial charge in [-0.3, -0.25) is 9.98 Å². The summed E-state index contributed by atoms with van der Waals surface area (Å²) < 4.78 is 7.58. The molecule has 2 aromatic heterocycles. The van der Waals surface area contributed by atoms with Crippen molar-refractivity contribution in [3.63, 3.8) is 0 Å². The summed E-state index contributed by atoms with van der Waals surface area (Å²) in [5.74, 6) is 0.678. The van der Waals surface area contributed by atoms with Crippen LogP contribution in [0.4, 0.5) is 11.4 Å². The summed E-state index contributed by atoms with van der Waals surface area (Å²) in [5, 5.41) is 25.8. The first-order valence-electron chi connectivity index (χ1n) is 13.7. The first-order chi connectivity index (χ1) is 18.9. The Balaban J connectivity index is 1.42. The number of imidazole rings is 2. The number of aryl methyl sites for hydroxylation is 4. The van der Waals surface area contributed by atoms with Crippen LogP contribution in [0.2, 0.25) is 0 Å². The molecular weight excluding hydrogens is 488 g/mol. The van der Waals surface area contributed by atoms with E-state index in [1.54, 1.807) is 0 Å². The predicted molar refractivity (Wildman–Crippen MR) is 149 cm³/mol. The highest BCUT2D eigenvalue weighted by Crippen LogP contribution is 2.19. The van der Waals surface area contributed by atoms with Crippen molar-refractivity contribution in [3.8, 4) is 0 Å². The SMILES string of the molecule is CCCCn1cc[n+](C)c1C([O-])=Nc1ccc(Cc2ccc(N=C([O-])c3n(CCCC)cc[n+]3C)cc2)cc1. The molecule has 2 aromatic carbocycles. The summed E-state index contributed by atoms with van der Waals surface area (Å²) in [7, 11) is 3.74. The zero-order valence-corrected chi connectivity index (χ0v) is 23.4. The molecule has 0 atom stereocenters. The zero-order chi connectivity index (χ0) is 27.8. The van der Waals surface area contributed by atoms with Gasteiger partial charge in [-0.25, -0.2) is 18.3 Å². The molecule has 0 radical (unpaired) electrons. The minimum absolute atomic E-state index is 0.244. The molecule has 39 heavy (non-hydrogen) atoms. The summed E-state index contributed by atoms with van der Waals surface area (Å²) in [5.41, 5.74) is 3.49. The molecule has 204 valence electrons. The monoisotopic (exact) mass is 526 g/mol. The Labute approximate surface area is 230 Å². The highest BCUT2D eigenvalue weighted by Gasteiger charge is 2.15. The van der Waals surface area contributed by atoms with Crippen molar-refractivity contribution in [2.45, 2.75) is 59.0 Å². The second-order valence-corrected chi connectivity index (χ2v) is 9.90. The lowest BCUT2D eigenvalue weighted by Gasteiger charge is -2.10. The molecule has 0 aliphatic heterocycles. The lowest BCUT2D eigenvalue weighted by Crippen LogP contribution is -2.40. The van der Waals surface area contributed by atoms with Crippen molar-refractivity contribution >= 4 is 23.2 Å². The van der Waals surface area contributed by atoms with Crippen LogP contribution in [0.1, 0.15) is 62.3 Å². The van der Waals surface area contributed by atoms with Crippen LogP contribution in [0.15, 0.2) is 83.3 Å². The first kappa shape index (κ1) is 27.8. The molecule has 0 saturated heterocycles. The summed E-state index contributed by atoms with van der Waals surface area (Å²) in [6.45, 7) is 5.88. The van der Waals surface area contributed by atoms with Gasteiger partial charge in [-0.2, -0.15) is 0 Å². The van der Waals surface area contributed by atoms with Gasteiger partial charge in [-0.15, -0.1) is 0 Å². The number of aromatic nitrogens is 4. The van der Waals surface area contributed by atoms with E-state index in [2.05, 4.69) is 23.8 Å². The lowest BCUT2D eigenvalue weighted by molar-refractivity contribution is -0.674. The second-order valence-electron chi connectivity index (χ2n) is 9.90. The lowest BCUT2D eigenvalue weighted by atomic mass is 10.0. The number of unbranched alkanes of at least 4 members (excludes halogenated alkanes) is 2. The number of nitrogens with zero attached hydrogens (tertiary/aromatic N) is 6. The zero-order valence-electron chi connectivity index (χ0n) is 23.4. The molecule has 0 bridgehead atoms. The maximum atomic E-state index is 12.9. The molecule has 0 unspecified atom stereocenters. The van der Waals surface area contributed by atoms with E-state index in [0.717, 1.165) is 56.3 Å². The van der Waals surface area contributed by atoms with E-state index in [4.69, 9.17) is 0 Å². The fourth-order valence-corrected chi connectivity index (χ4v) is 4.56. The molecular formula is C31H38N6O2. The van der Waals surface area contributed by atoms with Gasteiger partial charge in [0.1, 0.15) is 24.8 Å². The van der Waals surface area contributed by atoms with Gasteiger partial charge in [0.15, 0.2) is 0 Å². The van der Waals surface area contributed by atoms with Crippen LogP contribution in [0.5, 0.6) is 0 Å². The van der Waals surface area contributed by atoms with Gasteiger partial charge in [-0.1, -0.05) is 51.0 Å². The molecule has 8 heteroatoms. The largest absolute Gasteiger partial charge is 0.853 e. The molecule has 0 aliphatic carbocycles. The average molecular weight is 527 g/mol. The molecule has 4 aromatic rings. The van der Waals surface area contributed by atoms with Crippen LogP contribution >= 0.6 is 0 Å². The Hall–Kier alpha value is -4.20. The van der Waals surface area contributed by atoms with Crippen LogP contribution in [0.25, 0.3) is 0 Å². The average Bonchev–Trinajstić information content (AvgIpc) is 3.49. The fraction of sp³-hybridized carbons (Fsp3) is 0.355. The van der Waals surface area contributed by atoms with E-state index in [1.807, 2.05) is 106 Å². The van der Waals surface area contributed by atoms with Gasteiger partial charge in [0, 0.05) is 0 Å². The Morgan fingerprint density at radius 2 is 1.05 bits per heavy atom. The number of hydrogen-bond acceptors (Lipinski definition) is 4. The molecule has 8 nitrogen and oxygen atoms in total. The number of hydrogen-bond donors (Lipinski definition) is 0. The van der Waals surface area contributed by atoms with Crippen molar-refractivity contribution in [2.75, 3.05) is 0 Å². The Kier molecular flexibility index (Phi) is 9.31. The Morgan fingerprint density at radius 3 is 1.41 bits per heavy atom. The summed E-state index contributed by atoms with van der Waals surface area (Å²) in [4.78, 5) is 8.68. The smallest absolute Gasteiger partial charge is 0.292 e. The van der Waals surface area contributed by atoms with Crippen LogP contribution in [-0.4, -0.2) is 20.9 Å². The van der Waals surface area contributed by atoms with Crippen LogP contribution < -0.4 is 19.3 Å². The number of rotatable bonds is 12. The molecule has 0 aliphatic rings. The van der Waals surface area contributed by atoms with Crippen molar-refractivity contribution in [1.82, 2.24) is 9.13 Å². The second kappa shape index (κ2) is 13.0. The number of aliphatic imine (C=N–C) groups is 2. The maximum Gasteiger partial charge on any atom is 0.292 e. The highest BCUT2D eigenvalue weighted by atomic mass is 16.3. The van der Waals surface area contributed by atoms with Gasteiger partial charge in [-0.05, 0) is 54.7 Å². The van der Waals surface area contributed by atoms with E-state index in [1.165, 1.54) is 0 Å². The predicted octanol–water partition coefficient (Wildman–Crippen LogP) is 3.01. The normalized spacial score (nSPS) is 12.3. The van der Waals surface area contributed by atoms with Gasteiger partial charge >= 0.3 is 0 Å². The molecule has 0 amide bonds. The Morgan fingerprint density at radius 1 is 0.667 bits per heavy atom. The quantitative estimate of drug-likeness (QED) is 0.161. The minimum atomic E-state index is -0.244. The molecule has 0 N–H and O–H groups in total. The van der Waals surface area contributed by atoms with Crippen LogP contribution in [0, 0.1) is 0 Å². The van der Waals surface area contributed by atoms with Crippen LogP contribution in [-0.2, 0) is 33.6 Å². The standard InChI is InChI=1S/C31H38N6O2/c1-5-7-17-36-21-19-34(3)30(36)28(38)32-26-13-9-24(10-14-26)23-25-11-15-27(16-12-25)33-29(39)31-35(4)20-22-37(31)18-8-6-2/h9-16,19-22H,5-8,17-18,23H2,1-4H3. The van der Waals surface area contributed by atoms with E-state index in [0.29, 0.717) is 23.0 Å². The van der Waals surface area contributed by atoms with Crippen molar-refractivity contribution in [3.05, 3.63) is 96.1 Å². The van der Waals surface area contributed by atoms with Gasteiger partial charge in [0.25, 0.3) is 11.6 Å².